The van der Waals surface area contributed by atoms with Crippen LogP contribution in [0.1, 0.15) is 43.2 Å². The van der Waals surface area contributed by atoms with Crippen molar-refractivity contribution in [1.82, 2.24) is 10.6 Å². The zero-order chi connectivity index (χ0) is 24.1. The van der Waals surface area contributed by atoms with E-state index >= 15 is 0 Å². The van der Waals surface area contributed by atoms with Crippen LogP contribution in [0.15, 0.2) is 48.5 Å². The Balaban J connectivity index is 1.26. The number of carboxylic acids is 1. The number of rotatable bonds is 9. The molecule has 8 heteroatoms. The van der Waals surface area contributed by atoms with E-state index in [0.717, 1.165) is 11.1 Å². The first kappa shape index (κ1) is 23.8. The monoisotopic (exact) mass is 466 g/mol. The van der Waals surface area contributed by atoms with E-state index in [-0.39, 0.29) is 30.8 Å². The Morgan fingerprint density at radius 2 is 1.74 bits per heavy atom. The number of hydrogen-bond donors (Lipinski definition) is 3. The maximum atomic E-state index is 12.4. The van der Waals surface area contributed by atoms with Crippen molar-refractivity contribution in [3.05, 3.63) is 59.7 Å². The highest BCUT2D eigenvalue weighted by molar-refractivity contribution is 5.80. The summed E-state index contributed by atoms with van der Waals surface area (Å²) in [5.74, 6) is -1.43. The molecule has 2 aromatic rings. The molecule has 3 atom stereocenters. The number of nitrogens with one attached hydrogen (secondary N) is 2. The predicted octanol–water partition coefficient (Wildman–Crippen LogP) is 3.30. The third-order valence-electron chi connectivity index (χ3n) is 6.61. The van der Waals surface area contributed by atoms with Crippen LogP contribution in [0.3, 0.4) is 0 Å². The number of benzene rings is 2. The molecule has 8 nitrogen and oxygen atoms in total. The topological polar surface area (TPSA) is 114 Å². The number of ether oxygens (including phenoxy) is 2. The van der Waals surface area contributed by atoms with Gasteiger partial charge in [-0.1, -0.05) is 61.9 Å². The van der Waals surface area contributed by atoms with Gasteiger partial charge in [-0.15, -0.1) is 0 Å². The first-order valence-corrected chi connectivity index (χ1v) is 11.7. The molecule has 3 N–H and O–H groups in total. The van der Waals surface area contributed by atoms with Crippen LogP contribution >= 0.6 is 0 Å². The van der Waals surface area contributed by atoms with Crippen molar-refractivity contribution in [2.75, 3.05) is 19.8 Å². The molecule has 180 valence electrons. The van der Waals surface area contributed by atoms with Crippen LogP contribution in [0.5, 0.6) is 0 Å². The van der Waals surface area contributed by atoms with Crippen molar-refractivity contribution in [3.63, 3.8) is 0 Å². The molecule has 4 rings (SSSR count). The van der Waals surface area contributed by atoms with Gasteiger partial charge in [0.05, 0.1) is 6.04 Å². The molecule has 2 aromatic carbocycles. The van der Waals surface area contributed by atoms with Gasteiger partial charge in [0.2, 0.25) is 5.91 Å². The highest BCUT2D eigenvalue weighted by Crippen LogP contribution is 2.44. The third-order valence-corrected chi connectivity index (χ3v) is 6.61. The van der Waals surface area contributed by atoms with E-state index in [2.05, 4.69) is 34.9 Å². The summed E-state index contributed by atoms with van der Waals surface area (Å²) in [4.78, 5) is 36.0. The minimum atomic E-state index is -1.08. The number of hydrogen-bond acceptors (Lipinski definition) is 5. The molecular weight excluding hydrogens is 436 g/mol. The minimum absolute atomic E-state index is 0.0123. The van der Waals surface area contributed by atoms with E-state index in [1.807, 2.05) is 31.2 Å². The minimum Gasteiger partial charge on any atom is -0.479 e. The van der Waals surface area contributed by atoms with Crippen LogP contribution in [0.2, 0.25) is 0 Å². The van der Waals surface area contributed by atoms with E-state index in [4.69, 9.17) is 14.6 Å². The average molecular weight is 467 g/mol. The predicted molar refractivity (Wildman–Crippen MR) is 125 cm³/mol. The summed E-state index contributed by atoms with van der Waals surface area (Å²) in [5, 5.41) is 14.7. The number of aliphatic carboxylic acids is 1. The number of amides is 2. The lowest BCUT2D eigenvalue weighted by molar-refractivity contribution is -0.148. The van der Waals surface area contributed by atoms with Gasteiger partial charge in [0.25, 0.3) is 0 Å². The second-order valence-electron chi connectivity index (χ2n) is 8.78. The highest BCUT2D eigenvalue weighted by atomic mass is 16.5. The van der Waals surface area contributed by atoms with Crippen molar-refractivity contribution in [2.45, 2.75) is 44.2 Å². The first-order valence-electron chi connectivity index (χ1n) is 11.7. The number of carbonyl (C=O) groups is 3. The second-order valence-corrected chi connectivity index (χ2v) is 8.78. The summed E-state index contributed by atoms with van der Waals surface area (Å²) in [6, 6.07) is 15.8. The number of carboxylic acid groups (broad SMARTS) is 1. The van der Waals surface area contributed by atoms with Gasteiger partial charge in [0.1, 0.15) is 6.61 Å². The van der Waals surface area contributed by atoms with Gasteiger partial charge in [0.15, 0.2) is 6.10 Å². The molecule has 34 heavy (non-hydrogen) atoms. The van der Waals surface area contributed by atoms with Gasteiger partial charge in [-0.2, -0.15) is 0 Å². The van der Waals surface area contributed by atoms with Crippen LogP contribution < -0.4 is 10.6 Å². The second kappa shape index (κ2) is 10.7. The molecule has 1 heterocycles. The molecule has 1 unspecified atom stereocenters. The Morgan fingerprint density at radius 3 is 2.35 bits per heavy atom. The Labute approximate surface area is 198 Å². The first-order chi connectivity index (χ1) is 16.5. The van der Waals surface area contributed by atoms with Gasteiger partial charge in [0, 0.05) is 25.5 Å². The average Bonchev–Trinajstić information content (AvgIpc) is 3.43. The van der Waals surface area contributed by atoms with Gasteiger partial charge in [-0.05, 0) is 34.6 Å². The van der Waals surface area contributed by atoms with Crippen molar-refractivity contribution in [2.24, 2.45) is 5.92 Å². The summed E-state index contributed by atoms with van der Waals surface area (Å²) in [5.41, 5.74) is 4.63. The Hall–Kier alpha value is -3.39. The van der Waals surface area contributed by atoms with Crippen LogP contribution in [0, 0.1) is 5.92 Å². The van der Waals surface area contributed by atoms with E-state index < -0.39 is 24.2 Å². The van der Waals surface area contributed by atoms with Gasteiger partial charge < -0.3 is 25.2 Å². The van der Waals surface area contributed by atoms with E-state index in [0.29, 0.717) is 26.0 Å². The zero-order valence-electron chi connectivity index (χ0n) is 19.2. The van der Waals surface area contributed by atoms with Crippen molar-refractivity contribution in [3.8, 4) is 11.1 Å². The summed E-state index contributed by atoms with van der Waals surface area (Å²) >= 11 is 0. The summed E-state index contributed by atoms with van der Waals surface area (Å²) < 4.78 is 10.7. The standard InChI is InChI=1S/C26H30N2O6/c1-2-16(13-23(29)28-22-11-12-33-24(22)25(30)31)14-27-26(32)34-15-21-19-9-5-3-7-17(19)18-8-4-6-10-20(18)21/h3-10,16,21-22,24H,2,11-15H2,1H3,(H,27,32)(H,28,29)(H,30,31)/t16?,22-,24+/m1/s1. The molecule has 1 aliphatic heterocycles. The molecule has 0 saturated carbocycles. The lowest BCUT2D eigenvalue weighted by Gasteiger charge is -2.20. The maximum Gasteiger partial charge on any atom is 0.407 e. The fourth-order valence-electron chi connectivity index (χ4n) is 4.75. The Bertz CT molecular complexity index is 1010. The molecule has 0 spiro atoms. The maximum absolute atomic E-state index is 12.4. The number of carbonyl (C=O) groups excluding carboxylic acids is 2. The van der Waals surface area contributed by atoms with Gasteiger partial charge >= 0.3 is 12.1 Å². The summed E-state index contributed by atoms with van der Waals surface area (Å²) in [7, 11) is 0. The lowest BCUT2D eigenvalue weighted by Crippen LogP contribution is -2.45. The van der Waals surface area contributed by atoms with E-state index in [1.54, 1.807) is 0 Å². The van der Waals surface area contributed by atoms with Crippen LogP contribution in [-0.4, -0.2) is 55.0 Å². The molecule has 1 fully saturated rings. The molecule has 0 radical (unpaired) electrons. The molecule has 0 aromatic heterocycles. The fourth-order valence-corrected chi connectivity index (χ4v) is 4.75. The summed E-state index contributed by atoms with van der Waals surface area (Å²) in [6.07, 6.45) is -0.194. The van der Waals surface area contributed by atoms with Crippen LogP contribution in [0.4, 0.5) is 4.79 Å². The lowest BCUT2D eigenvalue weighted by atomic mass is 9.98. The van der Waals surface area contributed by atoms with Crippen LogP contribution in [0.25, 0.3) is 11.1 Å². The van der Waals surface area contributed by atoms with Crippen LogP contribution in [-0.2, 0) is 19.1 Å². The SMILES string of the molecule is CCC(CNC(=O)OCC1c2ccccc2-c2ccccc21)CC(=O)N[C@@H]1CCO[C@@H]1C(=O)O. The molecule has 0 bridgehead atoms. The molecule has 1 aliphatic carbocycles. The van der Waals surface area contributed by atoms with E-state index in [1.165, 1.54) is 11.1 Å². The molecular formula is C26H30N2O6. The van der Waals surface area contributed by atoms with E-state index in [9.17, 15) is 14.4 Å². The highest BCUT2D eigenvalue weighted by Gasteiger charge is 2.35. The van der Waals surface area contributed by atoms with Gasteiger partial charge in [-0.25, -0.2) is 9.59 Å². The quantitative estimate of drug-likeness (QED) is 0.523. The molecule has 2 amide bonds. The third kappa shape index (κ3) is 5.22. The number of alkyl carbamates (subject to hydrolysis) is 1. The largest absolute Gasteiger partial charge is 0.479 e. The van der Waals surface area contributed by atoms with Crippen molar-refractivity contribution < 1.29 is 29.0 Å². The van der Waals surface area contributed by atoms with Gasteiger partial charge in [-0.3, -0.25) is 4.79 Å². The van der Waals surface area contributed by atoms with Crippen molar-refractivity contribution in [1.29, 1.82) is 0 Å². The normalized spacial score (nSPS) is 19.7. The summed E-state index contributed by atoms with van der Waals surface area (Å²) in [6.45, 7) is 2.78. The Morgan fingerprint density at radius 1 is 1.09 bits per heavy atom. The molecule has 2 aliphatic rings. The fraction of sp³-hybridized carbons (Fsp3) is 0.423. The molecule has 1 saturated heterocycles. The number of fused-ring (bicyclic) bond motifs is 3. The smallest absolute Gasteiger partial charge is 0.407 e. The zero-order valence-corrected chi connectivity index (χ0v) is 19.2. The Kier molecular flexibility index (Phi) is 7.47. The van der Waals surface area contributed by atoms with Crippen molar-refractivity contribution >= 4 is 18.0 Å².